The molecule has 0 amide bonds. The fourth-order valence-corrected chi connectivity index (χ4v) is 5.72. The SMILES string of the molecule is C1CC1.CC(Cc1cccc(O)c1)C(=O)O.COc1ccc(F)c(-c2ccc3c(c2-c2cccc4ccn(C)c24)CCC3)c1. The van der Waals surface area contributed by atoms with Crippen molar-refractivity contribution in [2.75, 3.05) is 7.11 Å². The molecule has 2 N–H and O–H groups in total. The van der Waals surface area contributed by atoms with E-state index in [0.717, 1.165) is 36.0 Å². The van der Waals surface area contributed by atoms with Crippen molar-refractivity contribution < 1.29 is 24.1 Å². The van der Waals surface area contributed by atoms with Crippen LogP contribution < -0.4 is 4.74 Å². The Morgan fingerprint density at radius 2 is 1.68 bits per heavy atom. The van der Waals surface area contributed by atoms with E-state index in [1.807, 2.05) is 0 Å². The Morgan fingerprint density at radius 1 is 0.909 bits per heavy atom. The molecule has 6 heteroatoms. The highest BCUT2D eigenvalue weighted by Crippen LogP contribution is 2.44. The summed E-state index contributed by atoms with van der Waals surface area (Å²) in [5, 5.41) is 19.0. The first-order valence-electron chi connectivity index (χ1n) is 15.3. The van der Waals surface area contributed by atoms with Gasteiger partial charge in [0.1, 0.15) is 17.3 Å². The van der Waals surface area contributed by atoms with Crippen LogP contribution in [0, 0.1) is 11.7 Å². The Hall–Kier alpha value is -4.58. The minimum absolute atomic E-state index is 0.176. The number of rotatable bonds is 6. The van der Waals surface area contributed by atoms with Gasteiger partial charge >= 0.3 is 5.97 Å². The largest absolute Gasteiger partial charge is 0.508 e. The number of carboxylic acid groups (broad SMARTS) is 1. The third-order valence-electron chi connectivity index (χ3n) is 8.14. The van der Waals surface area contributed by atoms with Crippen molar-refractivity contribution >= 4 is 16.9 Å². The number of para-hydroxylation sites is 1. The number of aryl methyl sites for hydroxylation is 2. The van der Waals surface area contributed by atoms with Gasteiger partial charge in [-0.3, -0.25) is 4.79 Å². The number of benzene rings is 4. The molecule has 1 saturated carbocycles. The van der Waals surface area contributed by atoms with Crippen LogP contribution in [0.5, 0.6) is 11.5 Å². The number of aromatic hydroxyl groups is 1. The first-order valence-corrected chi connectivity index (χ1v) is 15.3. The second-order valence-corrected chi connectivity index (χ2v) is 11.7. The lowest BCUT2D eigenvalue weighted by Gasteiger charge is -2.18. The van der Waals surface area contributed by atoms with Crippen molar-refractivity contribution in [1.29, 1.82) is 0 Å². The maximum absolute atomic E-state index is 14.9. The van der Waals surface area contributed by atoms with Gasteiger partial charge < -0.3 is 19.5 Å². The molecule has 44 heavy (non-hydrogen) atoms. The number of carboxylic acids is 1. The minimum atomic E-state index is -0.816. The Labute approximate surface area is 258 Å². The molecule has 2 aliphatic carbocycles. The van der Waals surface area contributed by atoms with Crippen molar-refractivity contribution in [2.24, 2.45) is 13.0 Å². The number of methoxy groups -OCH3 is 1. The molecule has 4 aromatic carbocycles. The second-order valence-electron chi connectivity index (χ2n) is 11.7. The van der Waals surface area contributed by atoms with Crippen LogP contribution in [0.15, 0.2) is 85.1 Å². The van der Waals surface area contributed by atoms with Gasteiger partial charge in [-0.05, 0) is 89.9 Å². The molecule has 0 bridgehead atoms. The molecular formula is C38H40FNO4. The summed E-state index contributed by atoms with van der Waals surface area (Å²) >= 11 is 0. The fourth-order valence-electron chi connectivity index (χ4n) is 5.72. The number of aromatic nitrogens is 1. The number of phenols is 1. The number of hydrogen-bond acceptors (Lipinski definition) is 3. The normalized spacial score (nSPS) is 13.6. The molecule has 228 valence electrons. The second kappa shape index (κ2) is 13.8. The zero-order valence-electron chi connectivity index (χ0n) is 25.6. The topological polar surface area (TPSA) is 71.7 Å². The lowest BCUT2D eigenvalue weighted by Crippen LogP contribution is -2.11. The van der Waals surface area contributed by atoms with E-state index in [9.17, 15) is 9.18 Å². The quantitative estimate of drug-likeness (QED) is 0.206. The van der Waals surface area contributed by atoms with E-state index in [4.69, 9.17) is 14.9 Å². The first kappa shape index (κ1) is 30.9. The smallest absolute Gasteiger partial charge is 0.306 e. The van der Waals surface area contributed by atoms with Gasteiger partial charge in [0.15, 0.2) is 0 Å². The fraction of sp³-hybridized carbons (Fsp3) is 0.289. The Bertz CT molecular complexity index is 1770. The molecule has 5 aromatic rings. The summed E-state index contributed by atoms with van der Waals surface area (Å²) in [6.45, 7) is 1.65. The van der Waals surface area contributed by atoms with Crippen LogP contribution in [0.3, 0.4) is 0 Å². The van der Waals surface area contributed by atoms with E-state index in [1.54, 1.807) is 50.4 Å². The molecule has 0 spiro atoms. The lowest BCUT2D eigenvalue weighted by molar-refractivity contribution is -0.141. The molecule has 0 saturated heterocycles. The summed E-state index contributed by atoms with van der Waals surface area (Å²) in [6.07, 6.45) is 10.3. The van der Waals surface area contributed by atoms with Crippen LogP contribution in [0.4, 0.5) is 4.39 Å². The van der Waals surface area contributed by atoms with Gasteiger partial charge in [0, 0.05) is 29.8 Å². The third-order valence-corrected chi connectivity index (χ3v) is 8.14. The molecule has 5 nitrogen and oxygen atoms in total. The molecule has 1 heterocycles. The summed E-state index contributed by atoms with van der Waals surface area (Å²) in [5.74, 6) is -0.612. The van der Waals surface area contributed by atoms with E-state index in [0.29, 0.717) is 17.7 Å². The van der Waals surface area contributed by atoms with Gasteiger partial charge in [-0.1, -0.05) is 68.7 Å². The number of ether oxygens (including phenoxy) is 1. The van der Waals surface area contributed by atoms with E-state index in [-0.39, 0.29) is 11.6 Å². The molecule has 0 aliphatic heterocycles. The highest BCUT2D eigenvalue weighted by molar-refractivity contribution is 6.00. The van der Waals surface area contributed by atoms with Crippen molar-refractivity contribution in [3.63, 3.8) is 0 Å². The Morgan fingerprint density at radius 3 is 2.39 bits per heavy atom. The number of fused-ring (bicyclic) bond motifs is 2. The Balaban J connectivity index is 0.000000199. The predicted octanol–water partition coefficient (Wildman–Crippen LogP) is 8.97. The molecule has 7 rings (SSSR count). The highest BCUT2D eigenvalue weighted by atomic mass is 19.1. The monoisotopic (exact) mass is 593 g/mol. The molecule has 1 fully saturated rings. The molecule has 2 aliphatic rings. The van der Waals surface area contributed by atoms with Gasteiger partial charge in [-0.15, -0.1) is 0 Å². The molecule has 1 unspecified atom stereocenters. The highest BCUT2D eigenvalue weighted by Gasteiger charge is 2.23. The summed E-state index contributed by atoms with van der Waals surface area (Å²) in [5.41, 5.74) is 8.63. The van der Waals surface area contributed by atoms with Crippen molar-refractivity contribution in [3.05, 3.63) is 108 Å². The number of aliphatic carboxylic acids is 1. The van der Waals surface area contributed by atoms with Crippen molar-refractivity contribution in [1.82, 2.24) is 4.57 Å². The summed E-state index contributed by atoms with van der Waals surface area (Å²) in [4.78, 5) is 10.5. The van der Waals surface area contributed by atoms with Crippen LogP contribution in [0.2, 0.25) is 0 Å². The predicted molar refractivity (Wildman–Crippen MR) is 175 cm³/mol. The van der Waals surface area contributed by atoms with E-state index >= 15 is 0 Å². The average molecular weight is 594 g/mol. The zero-order chi connectivity index (χ0) is 31.2. The van der Waals surface area contributed by atoms with E-state index < -0.39 is 11.9 Å². The summed E-state index contributed by atoms with van der Waals surface area (Å²) < 4.78 is 22.4. The van der Waals surface area contributed by atoms with E-state index in [1.165, 1.54) is 52.9 Å². The molecule has 0 radical (unpaired) electrons. The average Bonchev–Trinajstić information content (AvgIpc) is 3.75. The molecular weight excluding hydrogens is 553 g/mol. The third kappa shape index (κ3) is 7.13. The number of nitrogens with zero attached hydrogens (tertiary/aromatic N) is 1. The molecule has 1 atom stereocenters. The van der Waals surface area contributed by atoms with Gasteiger partial charge in [0.25, 0.3) is 0 Å². The number of phenolic OH excluding ortho intramolecular Hbond substituents is 1. The van der Waals surface area contributed by atoms with E-state index in [2.05, 4.69) is 54.2 Å². The van der Waals surface area contributed by atoms with Crippen LogP contribution >= 0.6 is 0 Å². The van der Waals surface area contributed by atoms with Crippen LogP contribution in [-0.4, -0.2) is 27.9 Å². The van der Waals surface area contributed by atoms with Crippen molar-refractivity contribution in [3.8, 4) is 33.8 Å². The van der Waals surface area contributed by atoms with Gasteiger partial charge in [0.05, 0.1) is 18.5 Å². The van der Waals surface area contributed by atoms with Gasteiger partial charge in [0.2, 0.25) is 0 Å². The maximum Gasteiger partial charge on any atom is 0.306 e. The summed E-state index contributed by atoms with van der Waals surface area (Å²) in [7, 11) is 3.69. The zero-order valence-corrected chi connectivity index (χ0v) is 25.6. The van der Waals surface area contributed by atoms with Gasteiger partial charge in [-0.2, -0.15) is 0 Å². The standard InChI is InChI=1S/C25H22FNO.C10H12O3.C3H6/c1-27-14-13-17-6-4-8-21(25(17)27)24-19-7-3-5-16(19)9-11-20(24)22-15-18(28-2)10-12-23(22)26;1-7(10(12)13)5-8-3-2-4-9(11)6-8;1-2-3-1/h4,6,8-15H,3,5,7H2,1-2H3;2-4,6-7,11H,5H2,1H3,(H,12,13);1-3H2. The summed E-state index contributed by atoms with van der Waals surface area (Å²) in [6, 6.07) is 24.4. The minimum Gasteiger partial charge on any atom is -0.508 e. The lowest BCUT2D eigenvalue weighted by atomic mass is 9.87. The van der Waals surface area contributed by atoms with Crippen LogP contribution in [0.25, 0.3) is 33.2 Å². The first-order chi connectivity index (χ1) is 21.3. The Kier molecular flexibility index (Phi) is 9.69. The number of carbonyl (C=O) groups is 1. The number of hydrogen-bond donors (Lipinski definition) is 2. The molecule has 1 aromatic heterocycles. The van der Waals surface area contributed by atoms with Crippen molar-refractivity contribution in [2.45, 2.75) is 51.9 Å². The van der Waals surface area contributed by atoms with Gasteiger partial charge in [-0.25, -0.2) is 4.39 Å². The van der Waals surface area contributed by atoms with Crippen LogP contribution in [0.1, 0.15) is 49.3 Å². The maximum atomic E-state index is 14.9. The van der Waals surface area contributed by atoms with Crippen LogP contribution in [-0.2, 0) is 31.1 Å². The number of halogens is 1.